The smallest absolute Gasteiger partial charge is 0.338 e. The molecule has 2 rings (SSSR count). The van der Waals surface area contributed by atoms with Gasteiger partial charge >= 0.3 is 12.0 Å². The highest BCUT2D eigenvalue weighted by atomic mass is 32.1. The minimum atomic E-state index is -1.06. The quantitative estimate of drug-likeness (QED) is 0.902. The molecule has 0 radical (unpaired) electrons. The lowest BCUT2D eigenvalue weighted by Gasteiger charge is -2.16. The molecule has 0 unspecified atom stereocenters. The number of urea groups is 1. The number of hydrogen-bond acceptors (Lipinski definition) is 4. The molecule has 2 heterocycles. The molecule has 0 aromatic carbocycles. The minimum Gasteiger partial charge on any atom is -0.478 e. The Bertz CT molecular complexity index is 576. The van der Waals surface area contributed by atoms with Gasteiger partial charge in [0.15, 0.2) is 0 Å². The van der Waals surface area contributed by atoms with Gasteiger partial charge in [-0.15, -0.1) is 11.3 Å². The lowest BCUT2D eigenvalue weighted by Crippen LogP contribution is -2.30. The number of hydrogen-bond donors (Lipinski definition) is 2. The van der Waals surface area contributed by atoms with Crippen molar-refractivity contribution in [1.29, 1.82) is 0 Å². The number of nitrogens with one attached hydrogen (secondary N) is 1. The van der Waals surface area contributed by atoms with Crippen LogP contribution in [0.1, 0.15) is 16.1 Å². The van der Waals surface area contributed by atoms with Gasteiger partial charge in [-0.1, -0.05) is 0 Å². The number of carbonyl (C=O) groups is 2. The third-order valence-corrected chi connectivity index (χ3v) is 3.27. The van der Waals surface area contributed by atoms with E-state index < -0.39 is 5.97 Å². The van der Waals surface area contributed by atoms with Crippen molar-refractivity contribution in [3.8, 4) is 0 Å². The Kier molecular flexibility index (Phi) is 3.86. The number of thiophene rings is 1. The molecular formula is C12H12N2O4S. The number of nitrogens with zero attached hydrogens (tertiary/aromatic N) is 1. The van der Waals surface area contributed by atoms with Gasteiger partial charge in [0.25, 0.3) is 0 Å². The van der Waals surface area contributed by atoms with Crippen LogP contribution in [-0.4, -0.2) is 29.1 Å². The molecule has 0 aliphatic rings. The summed E-state index contributed by atoms with van der Waals surface area (Å²) in [6.07, 6.45) is 1.53. The van der Waals surface area contributed by atoms with Crippen LogP contribution in [0, 0.1) is 0 Å². The second kappa shape index (κ2) is 5.57. The van der Waals surface area contributed by atoms with E-state index in [1.165, 1.54) is 28.6 Å². The maximum atomic E-state index is 11.9. The fourth-order valence-corrected chi connectivity index (χ4v) is 2.24. The van der Waals surface area contributed by atoms with Crippen LogP contribution in [-0.2, 0) is 6.54 Å². The number of rotatable bonds is 4. The van der Waals surface area contributed by atoms with E-state index >= 15 is 0 Å². The molecule has 2 aromatic heterocycles. The zero-order chi connectivity index (χ0) is 13.8. The van der Waals surface area contributed by atoms with Crippen LogP contribution in [0.25, 0.3) is 0 Å². The third-order valence-electron chi connectivity index (χ3n) is 2.44. The van der Waals surface area contributed by atoms with Crippen molar-refractivity contribution in [2.24, 2.45) is 0 Å². The van der Waals surface area contributed by atoms with Crippen LogP contribution in [0.4, 0.5) is 9.80 Å². The first-order valence-electron chi connectivity index (χ1n) is 5.43. The number of aromatic carboxylic acids is 1. The topological polar surface area (TPSA) is 82.8 Å². The highest BCUT2D eigenvalue weighted by molar-refractivity contribution is 7.14. The van der Waals surface area contributed by atoms with E-state index in [0.717, 1.165) is 0 Å². The highest BCUT2D eigenvalue weighted by Crippen LogP contribution is 2.23. The standard InChI is InChI=1S/C12H12N2O4S/c1-14(7-8-3-2-5-18-8)12(17)13-10-9(11(15)16)4-6-19-10/h2-6H,7H2,1H3,(H,13,17)(H,15,16). The number of carboxylic acid groups (broad SMARTS) is 1. The second-order valence-corrected chi connectivity index (χ2v) is 4.75. The summed E-state index contributed by atoms with van der Waals surface area (Å²) in [6.45, 7) is 0.312. The van der Waals surface area contributed by atoms with Gasteiger partial charge in [-0.2, -0.15) is 0 Å². The Morgan fingerprint density at radius 1 is 1.47 bits per heavy atom. The molecule has 0 aliphatic heterocycles. The van der Waals surface area contributed by atoms with Gasteiger partial charge in [0.1, 0.15) is 10.8 Å². The lowest BCUT2D eigenvalue weighted by molar-refractivity contribution is 0.0698. The van der Waals surface area contributed by atoms with Gasteiger partial charge in [-0.3, -0.25) is 5.32 Å². The first-order valence-corrected chi connectivity index (χ1v) is 6.31. The van der Waals surface area contributed by atoms with E-state index in [0.29, 0.717) is 17.3 Å². The number of furan rings is 1. The van der Waals surface area contributed by atoms with Crippen molar-refractivity contribution in [3.05, 3.63) is 41.2 Å². The Balaban J connectivity index is 2.00. The summed E-state index contributed by atoms with van der Waals surface area (Å²) in [7, 11) is 1.60. The summed E-state index contributed by atoms with van der Waals surface area (Å²) in [5, 5.41) is 13.4. The van der Waals surface area contributed by atoms with Gasteiger partial charge in [-0.25, -0.2) is 9.59 Å². The van der Waals surface area contributed by atoms with Gasteiger partial charge in [0.05, 0.1) is 18.4 Å². The Hall–Kier alpha value is -2.28. The van der Waals surface area contributed by atoms with Crippen molar-refractivity contribution in [3.63, 3.8) is 0 Å². The van der Waals surface area contributed by atoms with Crippen molar-refractivity contribution in [2.75, 3.05) is 12.4 Å². The molecule has 0 bridgehead atoms. The van der Waals surface area contributed by atoms with Crippen LogP contribution in [0.2, 0.25) is 0 Å². The molecular weight excluding hydrogens is 268 g/mol. The third kappa shape index (κ3) is 3.14. The van der Waals surface area contributed by atoms with E-state index in [9.17, 15) is 9.59 Å². The fourth-order valence-electron chi connectivity index (χ4n) is 1.48. The van der Waals surface area contributed by atoms with Crippen LogP contribution >= 0.6 is 11.3 Å². The Labute approximate surface area is 113 Å². The minimum absolute atomic E-state index is 0.0877. The van der Waals surface area contributed by atoms with Crippen molar-refractivity contribution in [2.45, 2.75) is 6.54 Å². The van der Waals surface area contributed by atoms with E-state index in [1.54, 1.807) is 24.6 Å². The maximum absolute atomic E-state index is 11.9. The number of amides is 2. The highest BCUT2D eigenvalue weighted by Gasteiger charge is 2.16. The predicted octanol–water partition coefficient (Wildman–Crippen LogP) is 2.70. The monoisotopic (exact) mass is 280 g/mol. The van der Waals surface area contributed by atoms with Crippen molar-refractivity contribution in [1.82, 2.24) is 4.90 Å². The molecule has 0 atom stereocenters. The van der Waals surface area contributed by atoms with Crippen LogP contribution in [0.3, 0.4) is 0 Å². The molecule has 7 heteroatoms. The average molecular weight is 280 g/mol. The number of carbonyl (C=O) groups excluding carboxylic acids is 1. The molecule has 0 aliphatic carbocycles. The van der Waals surface area contributed by atoms with E-state index in [1.807, 2.05) is 0 Å². The Morgan fingerprint density at radius 2 is 2.26 bits per heavy atom. The summed E-state index contributed by atoms with van der Waals surface area (Å²) in [4.78, 5) is 24.2. The lowest BCUT2D eigenvalue weighted by atomic mass is 10.3. The average Bonchev–Trinajstić information content (AvgIpc) is 2.99. The largest absolute Gasteiger partial charge is 0.478 e. The van der Waals surface area contributed by atoms with Gasteiger partial charge < -0.3 is 14.4 Å². The van der Waals surface area contributed by atoms with Gasteiger partial charge in [-0.05, 0) is 23.6 Å². The summed E-state index contributed by atoms with van der Waals surface area (Å²) in [5.74, 6) is -0.410. The molecule has 2 N–H and O–H groups in total. The van der Waals surface area contributed by atoms with Crippen molar-refractivity contribution < 1.29 is 19.1 Å². The summed E-state index contributed by atoms with van der Waals surface area (Å²) >= 11 is 1.17. The van der Waals surface area contributed by atoms with E-state index in [-0.39, 0.29) is 11.6 Å². The molecule has 6 nitrogen and oxygen atoms in total. The van der Waals surface area contributed by atoms with Crippen LogP contribution in [0.15, 0.2) is 34.3 Å². The molecule has 0 fully saturated rings. The molecule has 0 saturated carbocycles. The van der Waals surface area contributed by atoms with E-state index in [2.05, 4.69) is 5.32 Å². The van der Waals surface area contributed by atoms with Gasteiger partial charge in [0.2, 0.25) is 0 Å². The predicted molar refractivity (Wildman–Crippen MR) is 70.5 cm³/mol. The molecule has 2 aromatic rings. The molecule has 2 amide bonds. The normalized spacial score (nSPS) is 10.2. The van der Waals surface area contributed by atoms with Crippen LogP contribution < -0.4 is 5.32 Å². The van der Waals surface area contributed by atoms with Crippen molar-refractivity contribution >= 4 is 28.3 Å². The van der Waals surface area contributed by atoms with E-state index in [4.69, 9.17) is 9.52 Å². The first kappa shape index (κ1) is 13.2. The Morgan fingerprint density at radius 3 is 2.89 bits per heavy atom. The summed E-state index contributed by atoms with van der Waals surface area (Å²) < 4.78 is 5.14. The van der Waals surface area contributed by atoms with Gasteiger partial charge in [0, 0.05) is 7.05 Å². The SMILES string of the molecule is CN(Cc1ccco1)C(=O)Nc1sccc1C(=O)O. The van der Waals surface area contributed by atoms with Crippen LogP contribution in [0.5, 0.6) is 0 Å². The zero-order valence-electron chi connectivity index (χ0n) is 10.1. The molecule has 100 valence electrons. The summed E-state index contributed by atoms with van der Waals surface area (Å²) in [6, 6.07) is 4.57. The molecule has 0 spiro atoms. The maximum Gasteiger partial charge on any atom is 0.338 e. The zero-order valence-corrected chi connectivity index (χ0v) is 10.9. The fraction of sp³-hybridized carbons (Fsp3) is 0.167. The number of carboxylic acids is 1. The number of anilines is 1. The molecule has 0 saturated heterocycles. The molecule has 19 heavy (non-hydrogen) atoms. The second-order valence-electron chi connectivity index (χ2n) is 3.83. The summed E-state index contributed by atoms with van der Waals surface area (Å²) in [5.41, 5.74) is 0.0877. The first-order chi connectivity index (χ1) is 9.08.